The van der Waals surface area contributed by atoms with Crippen LogP contribution in [0.1, 0.15) is 52.0 Å². The average Bonchev–Trinajstić information content (AvgIpc) is 2.39. The van der Waals surface area contributed by atoms with Crippen LogP contribution in [0, 0.1) is 15.5 Å². The molecule has 0 amide bonds. The van der Waals surface area contributed by atoms with E-state index in [9.17, 15) is 10.1 Å². The van der Waals surface area contributed by atoms with E-state index >= 15 is 0 Å². The van der Waals surface area contributed by atoms with Gasteiger partial charge in [-0.25, -0.2) is 0 Å². The molecule has 4 nitrogen and oxygen atoms in total. The summed E-state index contributed by atoms with van der Waals surface area (Å²) >= 11 is 0. The smallest absolute Gasteiger partial charge is 0.269 e. The molecule has 0 aromatic heterocycles. The molecule has 0 aliphatic carbocycles. The van der Waals surface area contributed by atoms with E-state index in [1.807, 2.05) is 6.07 Å². The van der Waals surface area contributed by atoms with Gasteiger partial charge in [-0.15, -0.1) is 0 Å². The van der Waals surface area contributed by atoms with Gasteiger partial charge >= 0.3 is 0 Å². The van der Waals surface area contributed by atoms with Crippen LogP contribution >= 0.6 is 0 Å². The molecule has 0 fully saturated rings. The number of nitrogens with zero attached hydrogens (tertiary/aromatic N) is 1. The largest absolute Gasteiger partial charge is 0.312 e. The molecule has 1 aromatic carbocycles. The van der Waals surface area contributed by atoms with Gasteiger partial charge in [-0.3, -0.25) is 10.1 Å². The lowest BCUT2D eigenvalue weighted by molar-refractivity contribution is -0.384. The number of hydrogen-bond acceptors (Lipinski definition) is 3. The molecule has 4 heteroatoms. The van der Waals surface area contributed by atoms with Crippen molar-refractivity contribution in [3.63, 3.8) is 0 Å². The third-order valence-electron chi connectivity index (χ3n) is 3.51. The van der Waals surface area contributed by atoms with Crippen LogP contribution in [0.15, 0.2) is 24.3 Å². The summed E-state index contributed by atoms with van der Waals surface area (Å²) in [6, 6.07) is 6.82. The number of unbranched alkanes of at least 4 members (excludes halogenated alkanes) is 2. The topological polar surface area (TPSA) is 55.2 Å². The number of benzene rings is 1. The first-order valence-electron chi connectivity index (χ1n) is 7.38. The molecular weight excluding hydrogens is 252 g/mol. The van der Waals surface area contributed by atoms with E-state index in [0.717, 1.165) is 12.1 Å². The second-order valence-electron chi connectivity index (χ2n) is 6.15. The Labute approximate surface area is 121 Å². The Morgan fingerprint density at radius 2 is 2.05 bits per heavy atom. The molecule has 0 aliphatic rings. The fourth-order valence-corrected chi connectivity index (χ4v) is 2.27. The highest BCUT2D eigenvalue weighted by molar-refractivity contribution is 5.34. The Morgan fingerprint density at radius 1 is 1.30 bits per heavy atom. The van der Waals surface area contributed by atoms with Gasteiger partial charge in [0, 0.05) is 25.2 Å². The van der Waals surface area contributed by atoms with Gasteiger partial charge in [-0.05, 0) is 17.4 Å². The van der Waals surface area contributed by atoms with Crippen molar-refractivity contribution in [2.45, 2.75) is 53.0 Å². The van der Waals surface area contributed by atoms with Gasteiger partial charge < -0.3 is 5.32 Å². The van der Waals surface area contributed by atoms with Crippen LogP contribution in [0.2, 0.25) is 0 Å². The van der Waals surface area contributed by atoms with E-state index < -0.39 is 0 Å². The SMILES string of the molecule is CCCCCC(C)(C)CNCc1cccc([N+](=O)[O-])c1. The lowest BCUT2D eigenvalue weighted by Gasteiger charge is -2.25. The van der Waals surface area contributed by atoms with Gasteiger partial charge in [0.15, 0.2) is 0 Å². The third kappa shape index (κ3) is 6.15. The molecule has 1 rings (SSSR count). The zero-order valence-electron chi connectivity index (χ0n) is 12.8. The minimum absolute atomic E-state index is 0.159. The second kappa shape index (κ2) is 8.00. The van der Waals surface area contributed by atoms with Gasteiger partial charge in [0.25, 0.3) is 5.69 Å². The number of nitro groups is 1. The number of nitro benzene ring substituents is 1. The normalized spacial score (nSPS) is 11.6. The predicted molar refractivity (Wildman–Crippen MR) is 82.7 cm³/mol. The Balaban J connectivity index is 2.39. The molecule has 1 N–H and O–H groups in total. The maximum atomic E-state index is 10.7. The fraction of sp³-hybridized carbons (Fsp3) is 0.625. The first-order valence-corrected chi connectivity index (χ1v) is 7.38. The van der Waals surface area contributed by atoms with E-state index in [-0.39, 0.29) is 16.0 Å². The van der Waals surface area contributed by atoms with Gasteiger partial charge in [-0.1, -0.05) is 52.2 Å². The molecule has 0 saturated carbocycles. The molecule has 0 bridgehead atoms. The summed E-state index contributed by atoms with van der Waals surface area (Å²) in [6.45, 7) is 8.36. The van der Waals surface area contributed by atoms with Crippen molar-refractivity contribution in [2.75, 3.05) is 6.54 Å². The van der Waals surface area contributed by atoms with Gasteiger partial charge in [-0.2, -0.15) is 0 Å². The van der Waals surface area contributed by atoms with Crippen molar-refractivity contribution in [1.82, 2.24) is 5.32 Å². The molecule has 0 spiro atoms. The second-order valence-corrected chi connectivity index (χ2v) is 6.15. The van der Waals surface area contributed by atoms with Crippen LogP contribution in [0.5, 0.6) is 0 Å². The van der Waals surface area contributed by atoms with Crippen LogP contribution in [-0.4, -0.2) is 11.5 Å². The maximum Gasteiger partial charge on any atom is 0.269 e. The monoisotopic (exact) mass is 278 g/mol. The zero-order valence-corrected chi connectivity index (χ0v) is 12.8. The summed E-state index contributed by atoms with van der Waals surface area (Å²) in [6.07, 6.45) is 5.01. The highest BCUT2D eigenvalue weighted by atomic mass is 16.6. The molecule has 1 aromatic rings. The van der Waals surface area contributed by atoms with Crippen LogP contribution in [-0.2, 0) is 6.54 Å². The minimum atomic E-state index is -0.349. The number of nitrogens with one attached hydrogen (secondary N) is 1. The van der Waals surface area contributed by atoms with Crippen molar-refractivity contribution in [1.29, 1.82) is 0 Å². The molecule has 20 heavy (non-hydrogen) atoms. The zero-order chi connectivity index (χ0) is 15.0. The third-order valence-corrected chi connectivity index (χ3v) is 3.51. The quantitative estimate of drug-likeness (QED) is 0.416. The molecule has 0 atom stereocenters. The van der Waals surface area contributed by atoms with E-state index in [1.165, 1.54) is 31.7 Å². The maximum absolute atomic E-state index is 10.7. The molecule has 112 valence electrons. The molecule has 0 radical (unpaired) electrons. The first-order chi connectivity index (χ1) is 9.44. The summed E-state index contributed by atoms with van der Waals surface area (Å²) in [5.41, 5.74) is 1.39. The van der Waals surface area contributed by atoms with E-state index in [4.69, 9.17) is 0 Å². The van der Waals surface area contributed by atoms with Crippen LogP contribution in [0.3, 0.4) is 0 Å². The van der Waals surface area contributed by atoms with Crippen LogP contribution in [0.25, 0.3) is 0 Å². The minimum Gasteiger partial charge on any atom is -0.312 e. The summed E-state index contributed by atoms with van der Waals surface area (Å²) in [4.78, 5) is 10.4. The highest BCUT2D eigenvalue weighted by Crippen LogP contribution is 2.23. The summed E-state index contributed by atoms with van der Waals surface area (Å²) in [5, 5.41) is 14.1. The van der Waals surface area contributed by atoms with Gasteiger partial charge in [0.2, 0.25) is 0 Å². The molecule has 0 heterocycles. The van der Waals surface area contributed by atoms with Crippen LogP contribution < -0.4 is 5.32 Å². The van der Waals surface area contributed by atoms with Crippen LogP contribution in [0.4, 0.5) is 5.69 Å². The lowest BCUT2D eigenvalue weighted by Crippen LogP contribution is -2.29. The van der Waals surface area contributed by atoms with Gasteiger partial charge in [0.1, 0.15) is 0 Å². The molecule has 0 unspecified atom stereocenters. The van der Waals surface area contributed by atoms with E-state index in [0.29, 0.717) is 6.54 Å². The van der Waals surface area contributed by atoms with Crippen molar-refractivity contribution in [3.8, 4) is 0 Å². The number of non-ortho nitro benzene ring substituents is 1. The Hall–Kier alpha value is -1.42. The van der Waals surface area contributed by atoms with Crippen molar-refractivity contribution in [3.05, 3.63) is 39.9 Å². The van der Waals surface area contributed by atoms with E-state index in [1.54, 1.807) is 12.1 Å². The molecular formula is C16H26N2O2. The van der Waals surface area contributed by atoms with Crippen molar-refractivity contribution < 1.29 is 4.92 Å². The summed E-state index contributed by atoms with van der Waals surface area (Å²) < 4.78 is 0. The van der Waals surface area contributed by atoms with E-state index in [2.05, 4.69) is 26.1 Å². The lowest BCUT2D eigenvalue weighted by atomic mass is 9.87. The van der Waals surface area contributed by atoms with Crippen molar-refractivity contribution in [2.24, 2.45) is 5.41 Å². The molecule has 0 aliphatic heterocycles. The summed E-state index contributed by atoms with van der Waals surface area (Å²) in [7, 11) is 0. The summed E-state index contributed by atoms with van der Waals surface area (Å²) in [5.74, 6) is 0. The number of rotatable bonds is 9. The van der Waals surface area contributed by atoms with Crippen molar-refractivity contribution >= 4 is 5.69 Å². The fourth-order valence-electron chi connectivity index (χ4n) is 2.27. The Kier molecular flexibility index (Phi) is 6.65. The predicted octanol–water partition coefficient (Wildman–Crippen LogP) is 4.29. The molecule has 0 saturated heterocycles. The number of hydrogen-bond donors (Lipinski definition) is 1. The first kappa shape index (κ1) is 16.6. The Bertz CT molecular complexity index is 430. The van der Waals surface area contributed by atoms with Gasteiger partial charge in [0.05, 0.1) is 4.92 Å². The standard InChI is InChI=1S/C16H26N2O2/c1-4-5-6-10-16(2,3)13-17-12-14-8-7-9-15(11-14)18(19)20/h7-9,11,17H,4-6,10,12-13H2,1-3H3. The average molecular weight is 278 g/mol. The Morgan fingerprint density at radius 3 is 2.70 bits per heavy atom. The highest BCUT2D eigenvalue weighted by Gasteiger charge is 2.16.